The highest BCUT2D eigenvalue weighted by molar-refractivity contribution is 6.01. The lowest BCUT2D eigenvalue weighted by Crippen LogP contribution is -2.36. The van der Waals surface area contributed by atoms with Crippen LogP contribution in [0.4, 0.5) is 5.69 Å². The lowest BCUT2D eigenvalue weighted by Gasteiger charge is -2.22. The van der Waals surface area contributed by atoms with Crippen molar-refractivity contribution in [3.8, 4) is 11.8 Å². The maximum Gasteiger partial charge on any atom is 0.262 e. The number of amides is 2. The highest BCUT2D eigenvalue weighted by atomic mass is 16.5. The Labute approximate surface area is 176 Å². The van der Waals surface area contributed by atoms with E-state index in [1.54, 1.807) is 42.5 Å². The molecule has 3 rings (SSSR count). The molecule has 1 fully saturated rings. The molecule has 0 heterocycles. The molecule has 2 amide bonds. The normalized spacial score (nSPS) is 14.4. The molecule has 6 heteroatoms. The number of benzene rings is 2. The number of hydrogen-bond acceptors (Lipinski definition) is 4. The van der Waals surface area contributed by atoms with Gasteiger partial charge < -0.3 is 15.4 Å². The van der Waals surface area contributed by atoms with Gasteiger partial charge in [-0.25, -0.2) is 0 Å². The Morgan fingerprint density at radius 2 is 1.73 bits per heavy atom. The van der Waals surface area contributed by atoms with Crippen LogP contribution in [0.3, 0.4) is 0 Å². The Balaban J connectivity index is 1.52. The second kappa shape index (κ2) is 10.8. The van der Waals surface area contributed by atoms with Gasteiger partial charge in [-0.05, 0) is 48.7 Å². The van der Waals surface area contributed by atoms with Gasteiger partial charge in [-0.3, -0.25) is 9.59 Å². The Morgan fingerprint density at radius 1 is 1.03 bits per heavy atom. The van der Waals surface area contributed by atoms with Gasteiger partial charge in [0.15, 0.2) is 6.61 Å². The summed E-state index contributed by atoms with van der Waals surface area (Å²) >= 11 is 0. The Hall–Kier alpha value is -3.59. The van der Waals surface area contributed by atoms with Crippen molar-refractivity contribution in [2.45, 2.75) is 38.1 Å². The molecule has 0 spiro atoms. The molecule has 1 aliphatic rings. The lowest BCUT2D eigenvalue weighted by molar-refractivity contribution is -0.118. The van der Waals surface area contributed by atoms with Gasteiger partial charge >= 0.3 is 0 Å². The van der Waals surface area contributed by atoms with Crippen LogP contribution in [0.15, 0.2) is 60.2 Å². The molecule has 1 saturated carbocycles. The number of ether oxygens (including phenoxy) is 1. The van der Waals surface area contributed by atoms with E-state index in [-0.39, 0.29) is 30.0 Å². The van der Waals surface area contributed by atoms with Crippen LogP contribution in [0.1, 0.15) is 37.7 Å². The molecule has 0 aliphatic heterocycles. The highest BCUT2D eigenvalue weighted by Crippen LogP contribution is 2.19. The topological polar surface area (TPSA) is 91.2 Å². The van der Waals surface area contributed by atoms with Crippen molar-refractivity contribution in [2.75, 3.05) is 11.9 Å². The first-order chi connectivity index (χ1) is 14.6. The molecular weight excluding hydrogens is 378 g/mol. The number of carbonyl (C=O) groups excluding carboxylic acids is 2. The standard InChI is InChI=1S/C24H25N3O3/c25-16-19(24(29)27-21-9-5-2-6-10-21)15-18-11-13-22(14-12-18)30-17-23(28)26-20-7-3-1-4-8-20/h1,3-4,7-8,11-15,21H,2,5-6,9-10,17H2,(H,26,28)(H,27,29)/b19-15+. The largest absolute Gasteiger partial charge is 0.484 e. The van der Waals surface area contributed by atoms with Crippen molar-refractivity contribution in [3.63, 3.8) is 0 Å². The predicted octanol–water partition coefficient (Wildman–Crippen LogP) is 4.06. The number of nitriles is 1. The number of nitrogens with zero attached hydrogens (tertiary/aromatic N) is 1. The maximum atomic E-state index is 12.4. The van der Waals surface area contributed by atoms with Gasteiger partial charge in [0.1, 0.15) is 17.4 Å². The highest BCUT2D eigenvalue weighted by Gasteiger charge is 2.18. The summed E-state index contributed by atoms with van der Waals surface area (Å²) in [4.78, 5) is 24.3. The average Bonchev–Trinajstić information content (AvgIpc) is 2.78. The third-order valence-electron chi connectivity index (χ3n) is 4.92. The second-order valence-electron chi connectivity index (χ2n) is 7.25. The van der Waals surface area contributed by atoms with Crippen LogP contribution in [0.2, 0.25) is 0 Å². The summed E-state index contributed by atoms with van der Waals surface area (Å²) in [6.07, 6.45) is 6.92. The van der Waals surface area contributed by atoms with Gasteiger partial charge in [-0.1, -0.05) is 49.6 Å². The van der Waals surface area contributed by atoms with Crippen LogP contribution in [-0.2, 0) is 9.59 Å². The zero-order valence-corrected chi connectivity index (χ0v) is 16.8. The van der Waals surface area contributed by atoms with Gasteiger partial charge in [0, 0.05) is 11.7 Å². The molecule has 154 valence electrons. The number of rotatable bonds is 7. The van der Waals surface area contributed by atoms with Crippen LogP contribution < -0.4 is 15.4 Å². The van der Waals surface area contributed by atoms with Crippen LogP contribution in [0.25, 0.3) is 6.08 Å². The molecule has 30 heavy (non-hydrogen) atoms. The molecular formula is C24H25N3O3. The fourth-order valence-electron chi connectivity index (χ4n) is 3.35. The van der Waals surface area contributed by atoms with Gasteiger partial charge in [0.2, 0.25) is 0 Å². The van der Waals surface area contributed by atoms with Crippen molar-refractivity contribution < 1.29 is 14.3 Å². The van der Waals surface area contributed by atoms with E-state index in [4.69, 9.17) is 4.74 Å². The van der Waals surface area contributed by atoms with Gasteiger partial charge in [0.25, 0.3) is 11.8 Å². The van der Waals surface area contributed by atoms with E-state index in [1.165, 1.54) is 6.42 Å². The molecule has 0 unspecified atom stereocenters. The second-order valence-corrected chi connectivity index (χ2v) is 7.25. The summed E-state index contributed by atoms with van der Waals surface area (Å²) in [5, 5.41) is 15.1. The fourth-order valence-corrected chi connectivity index (χ4v) is 3.35. The summed E-state index contributed by atoms with van der Waals surface area (Å²) in [5.41, 5.74) is 1.50. The van der Waals surface area contributed by atoms with Crippen LogP contribution in [-0.4, -0.2) is 24.5 Å². The van der Waals surface area contributed by atoms with E-state index >= 15 is 0 Å². The summed E-state index contributed by atoms with van der Waals surface area (Å²) < 4.78 is 5.50. The van der Waals surface area contributed by atoms with Crippen molar-refractivity contribution in [1.82, 2.24) is 5.32 Å². The van der Waals surface area contributed by atoms with Crippen LogP contribution in [0, 0.1) is 11.3 Å². The maximum absolute atomic E-state index is 12.4. The zero-order chi connectivity index (χ0) is 21.2. The third-order valence-corrected chi connectivity index (χ3v) is 4.92. The van der Waals surface area contributed by atoms with E-state index in [0.29, 0.717) is 17.0 Å². The van der Waals surface area contributed by atoms with Crippen molar-refractivity contribution in [1.29, 1.82) is 5.26 Å². The first-order valence-corrected chi connectivity index (χ1v) is 10.1. The van der Waals surface area contributed by atoms with Gasteiger partial charge in [-0.15, -0.1) is 0 Å². The van der Waals surface area contributed by atoms with E-state index in [1.807, 2.05) is 24.3 Å². The van der Waals surface area contributed by atoms with Crippen molar-refractivity contribution in [3.05, 3.63) is 65.7 Å². The molecule has 0 aromatic heterocycles. The minimum atomic E-state index is -0.331. The third kappa shape index (κ3) is 6.49. The molecule has 2 aromatic rings. The summed E-state index contributed by atoms with van der Waals surface area (Å²) in [6, 6.07) is 18.2. The molecule has 0 bridgehead atoms. The first kappa shape index (κ1) is 21.1. The number of hydrogen-bond donors (Lipinski definition) is 2. The fraction of sp³-hybridized carbons (Fsp3) is 0.292. The van der Waals surface area contributed by atoms with E-state index in [9.17, 15) is 14.9 Å². The molecule has 0 saturated heterocycles. The van der Waals surface area contributed by atoms with Crippen molar-refractivity contribution >= 4 is 23.6 Å². The quantitative estimate of drug-likeness (QED) is 0.539. The Bertz CT molecular complexity index is 924. The van der Waals surface area contributed by atoms with Crippen LogP contribution >= 0.6 is 0 Å². The van der Waals surface area contributed by atoms with Gasteiger partial charge in [-0.2, -0.15) is 5.26 Å². The van der Waals surface area contributed by atoms with Gasteiger partial charge in [0.05, 0.1) is 0 Å². The minimum absolute atomic E-state index is 0.0801. The number of para-hydroxylation sites is 1. The summed E-state index contributed by atoms with van der Waals surface area (Å²) in [5.74, 6) is -0.0563. The van der Waals surface area contributed by atoms with E-state index in [0.717, 1.165) is 25.7 Å². The molecule has 1 aliphatic carbocycles. The summed E-state index contributed by atoms with van der Waals surface area (Å²) in [6.45, 7) is -0.114. The van der Waals surface area contributed by atoms with Crippen molar-refractivity contribution in [2.24, 2.45) is 0 Å². The molecule has 2 N–H and O–H groups in total. The minimum Gasteiger partial charge on any atom is -0.484 e. The number of carbonyl (C=O) groups is 2. The average molecular weight is 403 g/mol. The van der Waals surface area contributed by atoms with Crippen LogP contribution in [0.5, 0.6) is 5.75 Å². The number of anilines is 1. The molecule has 0 atom stereocenters. The number of nitrogens with one attached hydrogen (secondary N) is 2. The van der Waals surface area contributed by atoms with E-state index < -0.39 is 0 Å². The lowest BCUT2D eigenvalue weighted by atomic mass is 9.95. The SMILES string of the molecule is N#C/C(=C\c1ccc(OCC(=O)Nc2ccccc2)cc1)C(=O)NC1CCCCC1. The first-order valence-electron chi connectivity index (χ1n) is 10.1. The molecule has 0 radical (unpaired) electrons. The van der Waals surface area contributed by atoms with E-state index in [2.05, 4.69) is 10.6 Å². The smallest absolute Gasteiger partial charge is 0.262 e. The summed E-state index contributed by atoms with van der Waals surface area (Å²) in [7, 11) is 0. The molecule has 2 aromatic carbocycles. The predicted molar refractivity (Wildman–Crippen MR) is 116 cm³/mol. The zero-order valence-electron chi connectivity index (χ0n) is 16.8. The molecule has 6 nitrogen and oxygen atoms in total. The Morgan fingerprint density at radius 3 is 2.40 bits per heavy atom. The Kier molecular flexibility index (Phi) is 7.62. The monoisotopic (exact) mass is 403 g/mol.